The Bertz CT molecular complexity index is 604. The molecule has 7 heteroatoms. The lowest BCUT2D eigenvalue weighted by atomic mass is 10.1. The first-order valence-corrected chi connectivity index (χ1v) is 8.20. The van der Waals surface area contributed by atoms with Crippen LogP contribution < -0.4 is 5.73 Å². The van der Waals surface area contributed by atoms with Gasteiger partial charge in [-0.15, -0.1) is 0 Å². The van der Waals surface area contributed by atoms with Crippen molar-refractivity contribution in [3.05, 3.63) is 22.2 Å². The fraction of sp³-hybridized carbons (Fsp3) is 0.500. The molecule has 0 amide bonds. The van der Waals surface area contributed by atoms with Crippen LogP contribution in [0.15, 0.2) is 17.0 Å². The number of hydrogen-bond acceptors (Lipinski definition) is 3. The third kappa shape index (κ3) is 2.57. The molecule has 0 saturated carbocycles. The first kappa shape index (κ1) is 14.9. The van der Waals surface area contributed by atoms with Gasteiger partial charge in [-0.3, -0.25) is 0 Å². The van der Waals surface area contributed by atoms with Gasteiger partial charge in [-0.2, -0.15) is 4.31 Å². The zero-order chi connectivity index (χ0) is 14.4. The number of hydrogen-bond donors (Lipinski definition) is 1. The second-order valence-electron chi connectivity index (χ2n) is 5.04. The van der Waals surface area contributed by atoms with Crippen LogP contribution in [0, 0.1) is 5.92 Å². The van der Waals surface area contributed by atoms with Gasteiger partial charge in [0, 0.05) is 12.6 Å². The summed E-state index contributed by atoms with van der Waals surface area (Å²) in [7, 11) is -3.63. The highest BCUT2D eigenvalue weighted by Crippen LogP contribution is 2.37. The van der Waals surface area contributed by atoms with Crippen LogP contribution in [0.5, 0.6) is 0 Å². The molecule has 2 N–H and O–H groups in total. The first-order chi connectivity index (χ1) is 8.75. The minimum atomic E-state index is -3.63. The van der Waals surface area contributed by atoms with Gasteiger partial charge in [0.2, 0.25) is 10.0 Å². The number of rotatable bonds is 2. The molecular weight excluding hydrogens is 307 g/mol. The normalized spacial score (nSPS) is 24.8. The smallest absolute Gasteiger partial charge is 0.244 e. The third-order valence-electron chi connectivity index (χ3n) is 3.40. The van der Waals surface area contributed by atoms with Crippen LogP contribution in [0.25, 0.3) is 0 Å². The van der Waals surface area contributed by atoms with Crippen LogP contribution in [0.3, 0.4) is 0 Å². The van der Waals surface area contributed by atoms with E-state index >= 15 is 0 Å². The van der Waals surface area contributed by atoms with Gasteiger partial charge in [-0.05, 0) is 31.4 Å². The van der Waals surface area contributed by atoms with Gasteiger partial charge in [0.05, 0.1) is 15.7 Å². The monoisotopic (exact) mass is 322 g/mol. The Hall–Kier alpha value is -0.490. The van der Waals surface area contributed by atoms with Gasteiger partial charge in [0.1, 0.15) is 4.90 Å². The molecule has 2 rings (SSSR count). The molecule has 1 aromatic carbocycles. The number of halogens is 2. The fourth-order valence-electron chi connectivity index (χ4n) is 2.47. The van der Waals surface area contributed by atoms with Crippen LogP contribution in [0.4, 0.5) is 5.69 Å². The molecule has 19 heavy (non-hydrogen) atoms. The van der Waals surface area contributed by atoms with E-state index in [1.54, 1.807) is 0 Å². The zero-order valence-electron chi connectivity index (χ0n) is 10.7. The van der Waals surface area contributed by atoms with Crippen molar-refractivity contribution in [2.45, 2.75) is 31.2 Å². The average Bonchev–Trinajstić information content (AvgIpc) is 2.66. The van der Waals surface area contributed by atoms with E-state index in [1.807, 2.05) is 13.8 Å². The number of benzene rings is 1. The molecule has 0 bridgehead atoms. The van der Waals surface area contributed by atoms with E-state index in [-0.39, 0.29) is 26.7 Å². The summed E-state index contributed by atoms with van der Waals surface area (Å²) in [5.41, 5.74) is 5.79. The molecule has 0 aliphatic carbocycles. The molecule has 2 atom stereocenters. The van der Waals surface area contributed by atoms with Crippen molar-refractivity contribution in [3.8, 4) is 0 Å². The summed E-state index contributed by atoms with van der Waals surface area (Å²) in [5.74, 6) is 0.341. The van der Waals surface area contributed by atoms with Crippen molar-refractivity contribution >= 4 is 38.9 Å². The molecular formula is C12H16Cl2N2O2S. The Kier molecular flexibility index (Phi) is 4.02. The molecule has 4 nitrogen and oxygen atoms in total. The molecule has 0 radical (unpaired) electrons. The highest BCUT2D eigenvalue weighted by molar-refractivity contribution is 7.89. The summed E-state index contributed by atoms with van der Waals surface area (Å²) < 4.78 is 26.7. The molecule has 2 unspecified atom stereocenters. The molecule has 106 valence electrons. The minimum absolute atomic E-state index is 0.000692. The number of sulfonamides is 1. The summed E-state index contributed by atoms with van der Waals surface area (Å²) >= 11 is 11.9. The van der Waals surface area contributed by atoms with Gasteiger partial charge in [-0.1, -0.05) is 30.1 Å². The van der Waals surface area contributed by atoms with E-state index in [4.69, 9.17) is 28.9 Å². The van der Waals surface area contributed by atoms with Crippen molar-refractivity contribution in [2.24, 2.45) is 5.92 Å². The highest BCUT2D eigenvalue weighted by atomic mass is 35.5. The van der Waals surface area contributed by atoms with E-state index in [2.05, 4.69) is 0 Å². The maximum atomic E-state index is 12.6. The van der Waals surface area contributed by atoms with Crippen molar-refractivity contribution in [3.63, 3.8) is 0 Å². The quantitative estimate of drug-likeness (QED) is 0.851. The Balaban J connectivity index is 2.49. The van der Waals surface area contributed by atoms with Gasteiger partial charge < -0.3 is 5.73 Å². The van der Waals surface area contributed by atoms with Crippen molar-refractivity contribution in [1.29, 1.82) is 0 Å². The lowest BCUT2D eigenvalue weighted by Crippen LogP contribution is -2.34. The summed E-state index contributed by atoms with van der Waals surface area (Å²) in [6.07, 6.45) is 0.847. The molecule has 1 heterocycles. The Morgan fingerprint density at radius 3 is 2.47 bits per heavy atom. The number of nitrogens with zero attached hydrogens (tertiary/aromatic N) is 1. The maximum absolute atomic E-state index is 12.6. The van der Waals surface area contributed by atoms with Crippen molar-refractivity contribution < 1.29 is 8.42 Å². The van der Waals surface area contributed by atoms with Crippen LogP contribution in [0.1, 0.15) is 20.3 Å². The predicted octanol–water partition coefficient (Wildman–Crippen LogP) is 2.99. The Morgan fingerprint density at radius 1 is 1.32 bits per heavy atom. The second-order valence-corrected chi connectivity index (χ2v) is 7.68. The number of nitrogen functional groups attached to an aromatic ring is 1. The topological polar surface area (TPSA) is 63.4 Å². The van der Waals surface area contributed by atoms with Gasteiger partial charge in [-0.25, -0.2) is 8.42 Å². The van der Waals surface area contributed by atoms with E-state index in [1.165, 1.54) is 16.4 Å². The van der Waals surface area contributed by atoms with Crippen LogP contribution in [-0.4, -0.2) is 25.3 Å². The Morgan fingerprint density at radius 2 is 1.95 bits per heavy atom. The summed E-state index contributed by atoms with van der Waals surface area (Å²) in [4.78, 5) is 0.0250. The SMILES string of the molecule is CC1CC(C)N(S(=O)(=O)c2ccc(Cl)c(N)c2Cl)C1. The van der Waals surface area contributed by atoms with Gasteiger partial charge >= 0.3 is 0 Å². The van der Waals surface area contributed by atoms with E-state index in [9.17, 15) is 8.42 Å². The second kappa shape index (κ2) is 5.13. The standard InChI is InChI=1S/C12H16Cl2N2O2S/c1-7-5-8(2)16(6-7)19(17,18)10-4-3-9(13)12(15)11(10)14/h3-4,7-8H,5-6,15H2,1-2H3. The van der Waals surface area contributed by atoms with Crippen LogP contribution in [-0.2, 0) is 10.0 Å². The highest BCUT2D eigenvalue weighted by Gasteiger charge is 2.37. The van der Waals surface area contributed by atoms with Gasteiger partial charge in [0.15, 0.2) is 0 Å². The van der Waals surface area contributed by atoms with Gasteiger partial charge in [0.25, 0.3) is 0 Å². The number of nitrogens with two attached hydrogens (primary N) is 1. The third-order valence-corrected chi connectivity index (χ3v) is 6.28. The molecule has 1 aliphatic rings. The van der Waals surface area contributed by atoms with E-state index in [0.29, 0.717) is 12.5 Å². The largest absolute Gasteiger partial charge is 0.396 e. The molecule has 0 spiro atoms. The average molecular weight is 323 g/mol. The van der Waals surface area contributed by atoms with Crippen molar-refractivity contribution in [1.82, 2.24) is 4.31 Å². The molecule has 1 aromatic rings. The van der Waals surface area contributed by atoms with Crippen LogP contribution in [0.2, 0.25) is 10.0 Å². The Labute approximate surface area is 123 Å². The zero-order valence-corrected chi connectivity index (χ0v) is 13.1. The molecule has 0 aromatic heterocycles. The fourth-order valence-corrected chi connectivity index (χ4v) is 4.97. The lowest BCUT2D eigenvalue weighted by Gasteiger charge is -2.22. The molecule has 1 fully saturated rings. The van der Waals surface area contributed by atoms with Crippen LogP contribution >= 0.6 is 23.2 Å². The molecule has 1 aliphatic heterocycles. The summed E-state index contributed by atoms with van der Waals surface area (Å²) in [6.45, 7) is 4.43. The van der Waals surface area contributed by atoms with Crippen molar-refractivity contribution in [2.75, 3.05) is 12.3 Å². The maximum Gasteiger partial charge on any atom is 0.244 e. The predicted molar refractivity (Wildman–Crippen MR) is 78.0 cm³/mol. The summed E-state index contributed by atoms with van der Waals surface area (Å²) in [6, 6.07) is 2.83. The van der Waals surface area contributed by atoms with E-state index in [0.717, 1.165) is 6.42 Å². The first-order valence-electron chi connectivity index (χ1n) is 6.00. The minimum Gasteiger partial charge on any atom is -0.396 e. The lowest BCUT2D eigenvalue weighted by molar-refractivity contribution is 0.405. The van der Waals surface area contributed by atoms with E-state index < -0.39 is 10.0 Å². The molecule has 1 saturated heterocycles. The summed E-state index contributed by atoms with van der Waals surface area (Å²) in [5, 5.41) is 0.256. The number of anilines is 1.